The molecule has 0 bridgehead atoms. The summed E-state index contributed by atoms with van der Waals surface area (Å²) in [6, 6.07) is 0. The molecular formula is C20H34N2O2. The second-order valence-corrected chi connectivity index (χ2v) is 5.41. The van der Waals surface area contributed by atoms with Crippen molar-refractivity contribution in [3.8, 4) is 0 Å². The van der Waals surface area contributed by atoms with E-state index in [4.69, 9.17) is 0 Å². The SMILES string of the molecule is C=C/C(=C\C(=C/C)C(=O)CC)N1CCN(C(=O)CCC)CC1.CC. The van der Waals surface area contributed by atoms with Crippen molar-refractivity contribution in [2.24, 2.45) is 0 Å². The predicted octanol–water partition coefficient (Wildman–Crippen LogP) is 3.95. The van der Waals surface area contributed by atoms with Crippen molar-refractivity contribution >= 4 is 11.7 Å². The van der Waals surface area contributed by atoms with Gasteiger partial charge in [-0.3, -0.25) is 9.59 Å². The Morgan fingerprint density at radius 3 is 2.00 bits per heavy atom. The van der Waals surface area contributed by atoms with Crippen LogP contribution in [-0.2, 0) is 9.59 Å². The summed E-state index contributed by atoms with van der Waals surface area (Å²) in [5, 5.41) is 0. The van der Waals surface area contributed by atoms with E-state index in [0.29, 0.717) is 12.8 Å². The molecule has 1 rings (SSSR count). The lowest BCUT2D eigenvalue weighted by Gasteiger charge is -2.36. The maximum Gasteiger partial charge on any atom is 0.222 e. The Bertz CT molecular complexity index is 470. The average Bonchev–Trinajstić information content (AvgIpc) is 2.64. The molecule has 4 nitrogen and oxygen atoms in total. The molecule has 136 valence electrons. The summed E-state index contributed by atoms with van der Waals surface area (Å²) in [4.78, 5) is 27.9. The van der Waals surface area contributed by atoms with E-state index in [1.807, 2.05) is 51.7 Å². The summed E-state index contributed by atoms with van der Waals surface area (Å²) in [5.74, 6) is 0.375. The minimum absolute atomic E-state index is 0.138. The normalized spacial score (nSPS) is 15.5. The first-order valence-electron chi connectivity index (χ1n) is 9.13. The molecule has 0 aromatic rings. The van der Waals surface area contributed by atoms with Crippen molar-refractivity contribution in [2.45, 2.75) is 53.9 Å². The maximum atomic E-state index is 11.9. The third-order valence-electron chi connectivity index (χ3n) is 3.93. The summed E-state index contributed by atoms with van der Waals surface area (Å²) >= 11 is 0. The zero-order chi connectivity index (χ0) is 18.5. The summed E-state index contributed by atoms with van der Waals surface area (Å²) in [7, 11) is 0. The van der Waals surface area contributed by atoms with Crippen molar-refractivity contribution < 1.29 is 9.59 Å². The first kappa shape index (κ1) is 22.2. The first-order chi connectivity index (χ1) is 11.6. The number of hydrogen-bond acceptors (Lipinski definition) is 3. The lowest BCUT2D eigenvalue weighted by Crippen LogP contribution is -2.48. The van der Waals surface area contributed by atoms with Crippen LogP contribution in [0.25, 0.3) is 0 Å². The van der Waals surface area contributed by atoms with E-state index in [9.17, 15) is 9.59 Å². The number of hydrogen-bond donors (Lipinski definition) is 0. The van der Waals surface area contributed by atoms with Gasteiger partial charge in [0.15, 0.2) is 5.78 Å². The Morgan fingerprint density at radius 1 is 1.04 bits per heavy atom. The van der Waals surface area contributed by atoms with Gasteiger partial charge in [-0.15, -0.1) is 0 Å². The Hall–Kier alpha value is -1.84. The zero-order valence-corrected chi connectivity index (χ0v) is 16.1. The molecule has 4 heteroatoms. The molecule has 0 aromatic heterocycles. The fraction of sp³-hybridized carbons (Fsp3) is 0.600. The lowest BCUT2D eigenvalue weighted by molar-refractivity contribution is -0.132. The lowest BCUT2D eigenvalue weighted by atomic mass is 10.1. The van der Waals surface area contributed by atoms with Gasteiger partial charge in [0.25, 0.3) is 0 Å². The molecule has 0 atom stereocenters. The van der Waals surface area contributed by atoms with E-state index in [1.165, 1.54) is 0 Å². The van der Waals surface area contributed by atoms with Crippen LogP contribution in [0.1, 0.15) is 53.9 Å². The highest BCUT2D eigenvalue weighted by atomic mass is 16.2. The molecule has 0 spiro atoms. The predicted molar refractivity (Wildman–Crippen MR) is 102 cm³/mol. The molecule has 1 fully saturated rings. The van der Waals surface area contributed by atoms with E-state index in [-0.39, 0.29) is 11.7 Å². The number of allylic oxidation sites excluding steroid dienone is 4. The topological polar surface area (TPSA) is 40.6 Å². The molecule has 0 unspecified atom stereocenters. The minimum atomic E-state index is 0.138. The van der Waals surface area contributed by atoms with Crippen LogP contribution in [0.3, 0.4) is 0 Å². The van der Waals surface area contributed by atoms with E-state index >= 15 is 0 Å². The summed E-state index contributed by atoms with van der Waals surface area (Å²) < 4.78 is 0. The molecule has 0 N–H and O–H groups in total. The molecule has 1 aliphatic heterocycles. The summed E-state index contributed by atoms with van der Waals surface area (Å²) in [6.45, 7) is 16.7. The van der Waals surface area contributed by atoms with Gasteiger partial charge in [0.1, 0.15) is 0 Å². The molecule has 24 heavy (non-hydrogen) atoms. The Morgan fingerprint density at radius 2 is 1.58 bits per heavy atom. The highest BCUT2D eigenvalue weighted by molar-refractivity contribution is 5.97. The Kier molecular flexibility index (Phi) is 11.6. The fourth-order valence-electron chi connectivity index (χ4n) is 2.55. The number of amides is 1. The van der Waals surface area contributed by atoms with Crippen LogP contribution in [0.2, 0.25) is 0 Å². The van der Waals surface area contributed by atoms with Gasteiger partial charge in [0.2, 0.25) is 5.91 Å². The van der Waals surface area contributed by atoms with Crippen molar-refractivity contribution in [3.63, 3.8) is 0 Å². The van der Waals surface area contributed by atoms with Crippen molar-refractivity contribution in [2.75, 3.05) is 26.2 Å². The third-order valence-corrected chi connectivity index (χ3v) is 3.93. The van der Waals surface area contributed by atoms with Gasteiger partial charge in [0.05, 0.1) is 0 Å². The van der Waals surface area contributed by atoms with Gasteiger partial charge in [-0.1, -0.05) is 40.3 Å². The van der Waals surface area contributed by atoms with E-state index < -0.39 is 0 Å². The smallest absolute Gasteiger partial charge is 0.222 e. The molecule has 1 amide bonds. The van der Waals surface area contributed by atoms with Gasteiger partial charge in [0, 0.05) is 50.3 Å². The monoisotopic (exact) mass is 334 g/mol. The number of carbonyl (C=O) groups excluding carboxylic acids is 2. The number of Topliss-reactive ketones (excluding diaryl/α,β-unsaturated/α-hetero) is 1. The summed E-state index contributed by atoms with van der Waals surface area (Å²) in [6.07, 6.45) is 7.55. The first-order valence-corrected chi connectivity index (χ1v) is 9.13. The number of ketones is 1. The maximum absolute atomic E-state index is 11.9. The van der Waals surface area contributed by atoms with Crippen LogP contribution in [0.15, 0.2) is 36.1 Å². The van der Waals surface area contributed by atoms with Crippen LogP contribution >= 0.6 is 0 Å². The van der Waals surface area contributed by atoms with Crippen molar-refractivity contribution in [3.05, 3.63) is 36.1 Å². The molecule has 1 saturated heterocycles. The largest absolute Gasteiger partial charge is 0.368 e. The molecule has 0 saturated carbocycles. The van der Waals surface area contributed by atoms with E-state index in [2.05, 4.69) is 11.5 Å². The van der Waals surface area contributed by atoms with E-state index in [1.54, 1.807) is 6.08 Å². The molecule has 1 aliphatic rings. The molecule has 0 aromatic carbocycles. The van der Waals surface area contributed by atoms with Gasteiger partial charge in [-0.05, 0) is 25.5 Å². The fourth-order valence-corrected chi connectivity index (χ4v) is 2.55. The van der Waals surface area contributed by atoms with Crippen LogP contribution in [0.5, 0.6) is 0 Å². The van der Waals surface area contributed by atoms with Crippen LogP contribution in [-0.4, -0.2) is 47.7 Å². The molecule has 0 aliphatic carbocycles. The highest BCUT2D eigenvalue weighted by Gasteiger charge is 2.21. The molecular weight excluding hydrogens is 300 g/mol. The van der Waals surface area contributed by atoms with Gasteiger partial charge in [-0.25, -0.2) is 0 Å². The molecule has 0 radical (unpaired) electrons. The third kappa shape index (κ3) is 6.73. The van der Waals surface area contributed by atoms with Crippen LogP contribution < -0.4 is 0 Å². The number of rotatable bonds is 7. The van der Waals surface area contributed by atoms with Crippen molar-refractivity contribution in [1.82, 2.24) is 9.80 Å². The second kappa shape index (κ2) is 12.6. The Balaban J connectivity index is 0.00000254. The highest BCUT2D eigenvalue weighted by Crippen LogP contribution is 2.15. The number of piperazine rings is 1. The van der Waals surface area contributed by atoms with Crippen LogP contribution in [0.4, 0.5) is 0 Å². The van der Waals surface area contributed by atoms with Gasteiger partial charge in [-0.2, -0.15) is 0 Å². The summed E-state index contributed by atoms with van der Waals surface area (Å²) in [5.41, 5.74) is 1.68. The number of nitrogens with zero attached hydrogens (tertiary/aromatic N) is 2. The standard InChI is InChI=1S/C18H28N2O2.C2H6/c1-5-9-18(22)20-12-10-19(11-13-20)16(7-3)14-15(6-2)17(21)8-4;1-2/h6-7,14H,3,5,8-13H2,1-2,4H3;1-2H3/b15-6+,16-14+;. The number of carbonyl (C=O) groups is 2. The van der Waals surface area contributed by atoms with E-state index in [0.717, 1.165) is 43.9 Å². The van der Waals surface area contributed by atoms with Gasteiger partial charge >= 0.3 is 0 Å². The van der Waals surface area contributed by atoms with Crippen LogP contribution in [0, 0.1) is 0 Å². The quantitative estimate of drug-likeness (QED) is 0.523. The van der Waals surface area contributed by atoms with Crippen molar-refractivity contribution in [1.29, 1.82) is 0 Å². The average molecular weight is 335 g/mol. The zero-order valence-electron chi connectivity index (χ0n) is 16.1. The van der Waals surface area contributed by atoms with Gasteiger partial charge < -0.3 is 9.80 Å². The second-order valence-electron chi connectivity index (χ2n) is 5.41. The Labute approximate surface area is 147 Å². The minimum Gasteiger partial charge on any atom is -0.368 e. The molecule has 1 heterocycles.